The van der Waals surface area contributed by atoms with Crippen LogP contribution in [0.1, 0.15) is 43.9 Å². The van der Waals surface area contributed by atoms with Gasteiger partial charge in [-0.25, -0.2) is 0 Å². The number of rotatable bonds is 6. The maximum Gasteiger partial charge on any atom is 0.243 e. The zero-order valence-electron chi connectivity index (χ0n) is 8.69. The third-order valence-corrected chi connectivity index (χ3v) is 1.94. The normalized spacial score (nSPS) is 13.1. The molecule has 0 spiro atoms. The molecule has 0 aromatic carbocycles. The summed E-state index contributed by atoms with van der Waals surface area (Å²) in [4.78, 5) is 4.13. The molecule has 0 radical (unpaired) electrons. The summed E-state index contributed by atoms with van der Waals surface area (Å²) in [6.45, 7) is 2.49. The number of unbranched alkanes of at least 4 members (excludes halogenated alkanes) is 1. The molecule has 14 heavy (non-hydrogen) atoms. The van der Waals surface area contributed by atoms with Crippen LogP contribution in [0.5, 0.6) is 0 Å². The molecule has 80 valence electrons. The van der Waals surface area contributed by atoms with Crippen LogP contribution in [-0.4, -0.2) is 17.3 Å². The van der Waals surface area contributed by atoms with Crippen molar-refractivity contribution in [3.05, 3.63) is 11.7 Å². The Bertz CT molecular complexity index is 262. The number of ether oxygens (including phenoxy) is 1. The molecule has 5 heteroatoms. The molecule has 5 nitrogen and oxygen atoms in total. The van der Waals surface area contributed by atoms with Crippen molar-refractivity contribution in [2.24, 2.45) is 5.73 Å². The molecule has 0 fully saturated rings. The maximum atomic E-state index is 5.85. The van der Waals surface area contributed by atoms with Crippen molar-refractivity contribution >= 4 is 0 Å². The molecule has 1 aromatic rings. The predicted octanol–water partition coefficient (Wildman–Crippen LogP) is 1.41. The van der Waals surface area contributed by atoms with E-state index < -0.39 is 0 Å². The molecule has 0 aliphatic rings. The summed E-state index contributed by atoms with van der Waals surface area (Å²) >= 11 is 0. The zero-order chi connectivity index (χ0) is 10.4. The molecule has 0 aliphatic carbocycles. The number of nitrogens with zero attached hydrogens (tertiary/aromatic N) is 2. The molecular weight excluding hydrogens is 182 g/mol. The molecule has 0 saturated carbocycles. The van der Waals surface area contributed by atoms with Gasteiger partial charge in [0.25, 0.3) is 0 Å². The first-order valence-corrected chi connectivity index (χ1v) is 4.85. The van der Waals surface area contributed by atoms with E-state index in [1.54, 1.807) is 7.11 Å². The molecule has 0 amide bonds. The van der Waals surface area contributed by atoms with Gasteiger partial charge in [-0.1, -0.05) is 24.9 Å². The summed E-state index contributed by atoms with van der Waals surface area (Å²) < 4.78 is 9.89. The van der Waals surface area contributed by atoms with Gasteiger partial charge in [0.1, 0.15) is 6.61 Å². The first kappa shape index (κ1) is 11.1. The van der Waals surface area contributed by atoms with Crippen LogP contribution >= 0.6 is 0 Å². The second kappa shape index (κ2) is 5.72. The SMILES string of the molecule is CCCCC(N)c1nc(COC)no1. The van der Waals surface area contributed by atoms with Gasteiger partial charge in [-0.2, -0.15) is 4.98 Å². The highest BCUT2D eigenvalue weighted by molar-refractivity contribution is 4.90. The number of nitrogens with two attached hydrogens (primary N) is 1. The van der Waals surface area contributed by atoms with Gasteiger partial charge in [0, 0.05) is 7.11 Å². The quantitative estimate of drug-likeness (QED) is 0.749. The highest BCUT2D eigenvalue weighted by Gasteiger charge is 2.13. The molecule has 1 rings (SSSR count). The van der Waals surface area contributed by atoms with Gasteiger partial charge < -0.3 is 15.0 Å². The minimum absolute atomic E-state index is 0.145. The van der Waals surface area contributed by atoms with E-state index in [0.717, 1.165) is 19.3 Å². The number of hydrogen-bond donors (Lipinski definition) is 1. The fourth-order valence-electron chi connectivity index (χ4n) is 1.15. The van der Waals surface area contributed by atoms with Gasteiger partial charge in [0.05, 0.1) is 6.04 Å². The van der Waals surface area contributed by atoms with E-state index in [0.29, 0.717) is 18.3 Å². The Morgan fingerprint density at radius 2 is 2.36 bits per heavy atom. The first-order valence-electron chi connectivity index (χ1n) is 4.85. The average Bonchev–Trinajstić information content (AvgIpc) is 2.63. The lowest BCUT2D eigenvalue weighted by Crippen LogP contribution is -2.10. The number of hydrogen-bond acceptors (Lipinski definition) is 5. The second-order valence-corrected chi connectivity index (χ2v) is 3.23. The predicted molar refractivity (Wildman–Crippen MR) is 51.5 cm³/mol. The van der Waals surface area contributed by atoms with E-state index in [1.165, 1.54) is 0 Å². The maximum absolute atomic E-state index is 5.85. The molecule has 2 N–H and O–H groups in total. The van der Waals surface area contributed by atoms with Gasteiger partial charge in [-0.3, -0.25) is 0 Å². The third-order valence-electron chi connectivity index (χ3n) is 1.94. The Morgan fingerprint density at radius 1 is 1.57 bits per heavy atom. The van der Waals surface area contributed by atoms with Crippen LogP contribution in [0.3, 0.4) is 0 Å². The molecule has 0 saturated heterocycles. The van der Waals surface area contributed by atoms with Crippen LogP contribution in [0.2, 0.25) is 0 Å². The highest BCUT2D eigenvalue weighted by Crippen LogP contribution is 2.14. The summed E-state index contributed by atoms with van der Waals surface area (Å²) in [7, 11) is 1.59. The monoisotopic (exact) mass is 199 g/mol. The molecule has 0 bridgehead atoms. The summed E-state index contributed by atoms with van der Waals surface area (Å²) in [5.74, 6) is 1.06. The summed E-state index contributed by atoms with van der Waals surface area (Å²) in [5.41, 5.74) is 5.85. The molecule has 1 heterocycles. The molecule has 1 atom stereocenters. The topological polar surface area (TPSA) is 74.2 Å². The smallest absolute Gasteiger partial charge is 0.243 e. The molecule has 1 aromatic heterocycles. The van der Waals surface area contributed by atoms with Crippen molar-refractivity contribution in [1.29, 1.82) is 0 Å². The summed E-state index contributed by atoms with van der Waals surface area (Å²) in [6.07, 6.45) is 3.07. The summed E-state index contributed by atoms with van der Waals surface area (Å²) in [6, 6.07) is -0.145. The number of aromatic nitrogens is 2. The average molecular weight is 199 g/mol. The van der Waals surface area contributed by atoms with Gasteiger partial charge in [0.15, 0.2) is 5.82 Å². The third kappa shape index (κ3) is 3.08. The minimum Gasteiger partial charge on any atom is -0.377 e. The van der Waals surface area contributed by atoms with Crippen LogP contribution in [0.25, 0.3) is 0 Å². The first-order chi connectivity index (χ1) is 6.77. The van der Waals surface area contributed by atoms with E-state index >= 15 is 0 Å². The Labute approximate surface area is 83.6 Å². The molecule has 0 aliphatic heterocycles. The van der Waals surface area contributed by atoms with Crippen LogP contribution in [-0.2, 0) is 11.3 Å². The minimum atomic E-state index is -0.145. The fraction of sp³-hybridized carbons (Fsp3) is 0.778. The van der Waals surface area contributed by atoms with Crippen LogP contribution in [0.15, 0.2) is 4.52 Å². The van der Waals surface area contributed by atoms with Crippen LogP contribution in [0, 0.1) is 0 Å². The standard InChI is InChI=1S/C9H17N3O2/c1-3-4-5-7(10)9-11-8(6-13-2)12-14-9/h7H,3-6,10H2,1-2H3. The van der Waals surface area contributed by atoms with Crippen molar-refractivity contribution in [3.8, 4) is 0 Å². The largest absolute Gasteiger partial charge is 0.377 e. The lowest BCUT2D eigenvalue weighted by Gasteiger charge is -2.03. The van der Waals surface area contributed by atoms with Gasteiger partial charge >= 0.3 is 0 Å². The lowest BCUT2D eigenvalue weighted by molar-refractivity contribution is 0.174. The van der Waals surface area contributed by atoms with E-state index in [-0.39, 0.29) is 6.04 Å². The van der Waals surface area contributed by atoms with Crippen molar-refractivity contribution in [3.63, 3.8) is 0 Å². The van der Waals surface area contributed by atoms with E-state index in [1.807, 2.05) is 0 Å². The second-order valence-electron chi connectivity index (χ2n) is 3.23. The van der Waals surface area contributed by atoms with Crippen molar-refractivity contribution in [2.75, 3.05) is 7.11 Å². The Hall–Kier alpha value is -0.940. The van der Waals surface area contributed by atoms with E-state index in [9.17, 15) is 0 Å². The van der Waals surface area contributed by atoms with Gasteiger partial charge in [0.2, 0.25) is 5.89 Å². The van der Waals surface area contributed by atoms with Crippen LogP contribution in [0.4, 0.5) is 0 Å². The fourth-order valence-corrected chi connectivity index (χ4v) is 1.15. The number of methoxy groups -OCH3 is 1. The molecular formula is C9H17N3O2. The Balaban J connectivity index is 2.48. The van der Waals surface area contributed by atoms with E-state index in [2.05, 4.69) is 17.1 Å². The van der Waals surface area contributed by atoms with Crippen molar-refractivity contribution in [1.82, 2.24) is 10.1 Å². The van der Waals surface area contributed by atoms with Crippen molar-refractivity contribution < 1.29 is 9.26 Å². The summed E-state index contributed by atoms with van der Waals surface area (Å²) in [5, 5.41) is 3.74. The van der Waals surface area contributed by atoms with Gasteiger partial charge in [-0.05, 0) is 6.42 Å². The zero-order valence-corrected chi connectivity index (χ0v) is 8.69. The van der Waals surface area contributed by atoms with Crippen molar-refractivity contribution in [2.45, 2.75) is 38.8 Å². The Kier molecular flexibility index (Phi) is 4.55. The lowest BCUT2D eigenvalue weighted by atomic mass is 10.1. The van der Waals surface area contributed by atoms with Crippen LogP contribution < -0.4 is 5.73 Å². The molecule has 1 unspecified atom stereocenters. The van der Waals surface area contributed by atoms with Gasteiger partial charge in [-0.15, -0.1) is 0 Å². The highest BCUT2D eigenvalue weighted by atomic mass is 16.5. The van der Waals surface area contributed by atoms with E-state index in [4.69, 9.17) is 15.0 Å². The Morgan fingerprint density at radius 3 is 3.00 bits per heavy atom.